The lowest BCUT2D eigenvalue weighted by molar-refractivity contribution is -0.127. The number of aliphatic hydroxyl groups excluding tert-OH is 1. The van der Waals surface area contributed by atoms with E-state index in [9.17, 15) is 14.7 Å². The Labute approximate surface area is 194 Å². The van der Waals surface area contributed by atoms with Gasteiger partial charge in [-0.25, -0.2) is 5.01 Å². The molecule has 0 saturated carbocycles. The number of nitrogens with zero attached hydrogens (tertiary/aromatic N) is 2. The zero-order valence-electron chi connectivity index (χ0n) is 19.2. The number of carbonyl (C=O) groups excluding carboxylic acids is 2. The molecule has 1 saturated heterocycles. The van der Waals surface area contributed by atoms with Crippen LogP contribution in [0.3, 0.4) is 0 Å². The molecule has 33 heavy (non-hydrogen) atoms. The lowest BCUT2D eigenvalue weighted by Gasteiger charge is -2.29. The number of carbonyl (C=O) groups is 2. The quantitative estimate of drug-likeness (QED) is 0.590. The summed E-state index contributed by atoms with van der Waals surface area (Å²) < 4.78 is 5.33. The SMILES string of the molecule is C[C@H](NC[C@@H](O)CN1CCOCC1)C(=O)NN1C(=O)[C@@H](C)c2ccccc2-c2ccccc21. The van der Waals surface area contributed by atoms with Crippen molar-refractivity contribution in [2.45, 2.75) is 31.9 Å². The third-order valence-corrected chi connectivity index (χ3v) is 6.30. The lowest BCUT2D eigenvalue weighted by atomic mass is 9.92. The number of para-hydroxylation sites is 1. The Hall–Kier alpha value is -2.78. The summed E-state index contributed by atoms with van der Waals surface area (Å²) in [5, 5.41) is 14.8. The first-order valence-electron chi connectivity index (χ1n) is 11.5. The summed E-state index contributed by atoms with van der Waals surface area (Å²) in [6.07, 6.45) is -0.603. The third-order valence-electron chi connectivity index (χ3n) is 6.30. The molecule has 8 nitrogen and oxygen atoms in total. The third kappa shape index (κ3) is 5.25. The molecule has 2 aliphatic rings. The average Bonchev–Trinajstić information content (AvgIpc) is 2.93. The Morgan fingerprint density at radius 2 is 1.79 bits per heavy atom. The number of anilines is 1. The maximum atomic E-state index is 13.4. The Morgan fingerprint density at radius 3 is 2.55 bits per heavy atom. The van der Waals surface area contributed by atoms with Gasteiger partial charge in [0.2, 0.25) is 0 Å². The van der Waals surface area contributed by atoms with E-state index < -0.39 is 18.1 Å². The van der Waals surface area contributed by atoms with Gasteiger partial charge in [0.05, 0.1) is 37.0 Å². The van der Waals surface area contributed by atoms with Gasteiger partial charge in [-0.05, 0) is 31.0 Å². The smallest absolute Gasteiger partial charge is 0.255 e. The van der Waals surface area contributed by atoms with Gasteiger partial charge in [0.15, 0.2) is 0 Å². The minimum absolute atomic E-state index is 0.194. The van der Waals surface area contributed by atoms with Gasteiger partial charge >= 0.3 is 0 Å². The van der Waals surface area contributed by atoms with E-state index in [-0.39, 0.29) is 18.4 Å². The number of nitrogens with one attached hydrogen (secondary N) is 2. The molecular weight excluding hydrogens is 420 g/mol. The number of morpholine rings is 1. The number of hydrogen-bond acceptors (Lipinski definition) is 6. The van der Waals surface area contributed by atoms with E-state index in [1.165, 1.54) is 5.01 Å². The maximum Gasteiger partial charge on any atom is 0.255 e. The normalized spacial score (nSPS) is 20.4. The number of hydrogen-bond donors (Lipinski definition) is 3. The van der Waals surface area contributed by atoms with Gasteiger partial charge in [0.1, 0.15) is 0 Å². The second kappa shape index (κ2) is 10.4. The maximum absolute atomic E-state index is 13.4. The number of ether oxygens (including phenoxy) is 1. The van der Waals surface area contributed by atoms with Crippen molar-refractivity contribution < 1.29 is 19.4 Å². The van der Waals surface area contributed by atoms with Crippen LogP contribution in [-0.2, 0) is 14.3 Å². The van der Waals surface area contributed by atoms with E-state index in [1.807, 2.05) is 55.5 Å². The van der Waals surface area contributed by atoms with Crippen molar-refractivity contribution in [3.05, 3.63) is 54.1 Å². The fourth-order valence-electron chi connectivity index (χ4n) is 4.34. The molecule has 1 fully saturated rings. The molecule has 0 aromatic heterocycles. The first-order valence-corrected chi connectivity index (χ1v) is 11.5. The Bertz CT molecular complexity index is 992. The predicted molar refractivity (Wildman–Crippen MR) is 127 cm³/mol. The molecule has 3 N–H and O–H groups in total. The summed E-state index contributed by atoms with van der Waals surface area (Å²) >= 11 is 0. The molecule has 0 spiro atoms. The van der Waals surface area contributed by atoms with E-state index in [0.29, 0.717) is 25.4 Å². The van der Waals surface area contributed by atoms with Crippen molar-refractivity contribution >= 4 is 17.5 Å². The highest BCUT2D eigenvalue weighted by molar-refractivity contribution is 6.06. The summed E-state index contributed by atoms with van der Waals surface area (Å²) in [5.41, 5.74) is 6.27. The topological polar surface area (TPSA) is 94.1 Å². The second-order valence-corrected chi connectivity index (χ2v) is 8.67. The van der Waals surface area contributed by atoms with Crippen molar-refractivity contribution in [1.82, 2.24) is 15.6 Å². The van der Waals surface area contributed by atoms with E-state index in [1.54, 1.807) is 6.92 Å². The number of hydrazine groups is 1. The highest BCUT2D eigenvalue weighted by Crippen LogP contribution is 2.39. The van der Waals surface area contributed by atoms with Crippen molar-refractivity contribution in [2.75, 3.05) is 44.4 Å². The molecule has 8 heteroatoms. The first kappa shape index (κ1) is 23.4. The van der Waals surface area contributed by atoms with Crippen LogP contribution in [0.4, 0.5) is 5.69 Å². The highest BCUT2D eigenvalue weighted by atomic mass is 16.5. The molecular formula is C25H32N4O4. The standard InChI is InChI=1S/C25H32N4O4/c1-17-20-7-3-4-8-21(20)22-9-5-6-10-23(22)29(25(17)32)27-24(31)18(2)26-15-19(30)16-28-11-13-33-14-12-28/h3-10,17-19,26,30H,11-16H2,1-2H3,(H,27,31)/t17-,18-,19+/m0/s1. The molecule has 2 aromatic carbocycles. The average molecular weight is 453 g/mol. The number of benzene rings is 2. The monoisotopic (exact) mass is 452 g/mol. The lowest BCUT2D eigenvalue weighted by Crippen LogP contribution is -2.54. The molecule has 2 heterocycles. The molecule has 2 aromatic rings. The van der Waals surface area contributed by atoms with Crippen LogP contribution in [0.1, 0.15) is 25.3 Å². The van der Waals surface area contributed by atoms with Crippen LogP contribution >= 0.6 is 0 Å². The molecule has 2 amide bonds. The fourth-order valence-corrected chi connectivity index (χ4v) is 4.34. The Kier molecular flexibility index (Phi) is 7.39. The highest BCUT2D eigenvalue weighted by Gasteiger charge is 2.33. The van der Waals surface area contributed by atoms with Crippen LogP contribution in [0.2, 0.25) is 0 Å². The van der Waals surface area contributed by atoms with Gasteiger partial charge in [-0.15, -0.1) is 0 Å². The number of rotatable bonds is 7. The molecule has 0 bridgehead atoms. The zero-order valence-corrected chi connectivity index (χ0v) is 19.2. The number of β-amino-alcohol motifs (C(OH)–C–C–N with tert-alkyl or cyclic N) is 1. The summed E-state index contributed by atoms with van der Waals surface area (Å²) in [7, 11) is 0. The van der Waals surface area contributed by atoms with Crippen molar-refractivity contribution in [2.24, 2.45) is 0 Å². The van der Waals surface area contributed by atoms with Gasteiger partial charge in [0.25, 0.3) is 11.8 Å². The minimum atomic E-state index is -0.603. The largest absolute Gasteiger partial charge is 0.390 e. The van der Waals surface area contributed by atoms with Gasteiger partial charge in [0, 0.05) is 31.7 Å². The van der Waals surface area contributed by atoms with Crippen molar-refractivity contribution in [3.63, 3.8) is 0 Å². The molecule has 0 aliphatic carbocycles. The number of fused-ring (bicyclic) bond motifs is 3. The van der Waals surface area contributed by atoms with Gasteiger partial charge in [-0.3, -0.25) is 19.9 Å². The number of aliphatic hydroxyl groups is 1. The Balaban J connectivity index is 1.43. The van der Waals surface area contributed by atoms with Crippen molar-refractivity contribution in [1.29, 1.82) is 0 Å². The van der Waals surface area contributed by atoms with Crippen LogP contribution in [0.15, 0.2) is 48.5 Å². The van der Waals surface area contributed by atoms with E-state index in [0.717, 1.165) is 29.8 Å². The minimum Gasteiger partial charge on any atom is -0.390 e. The molecule has 0 radical (unpaired) electrons. The summed E-state index contributed by atoms with van der Waals surface area (Å²) in [6.45, 7) is 7.32. The summed E-state index contributed by atoms with van der Waals surface area (Å²) in [6, 6.07) is 14.8. The molecule has 4 rings (SSSR count). The summed E-state index contributed by atoms with van der Waals surface area (Å²) in [4.78, 5) is 28.5. The van der Waals surface area contributed by atoms with Gasteiger partial charge < -0.3 is 15.2 Å². The summed E-state index contributed by atoms with van der Waals surface area (Å²) in [5.74, 6) is -0.942. The fraction of sp³-hybridized carbons (Fsp3) is 0.440. The van der Waals surface area contributed by atoms with Gasteiger partial charge in [-0.2, -0.15) is 0 Å². The van der Waals surface area contributed by atoms with E-state index in [4.69, 9.17) is 4.74 Å². The van der Waals surface area contributed by atoms with Crippen LogP contribution in [0.5, 0.6) is 0 Å². The van der Waals surface area contributed by atoms with Crippen LogP contribution in [0.25, 0.3) is 11.1 Å². The number of amides is 2. The zero-order chi connectivity index (χ0) is 23.4. The van der Waals surface area contributed by atoms with Gasteiger partial charge in [-0.1, -0.05) is 42.5 Å². The van der Waals surface area contributed by atoms with Crippen LogP contribution < -0.4 is 15.8 Å². The second-order valence-electron chi connectivity index (χ2n) is 8.67. The van der Waals surface area contributed by atoms with E-state index >= 15 is 0 Å². The van der Waals surface area contributed by atoms with E-state index in [2.05, 4.69) is 15.6 Å². The van der Waals surface area contributed by atoms with Crippen molar-refractivity contribution in [3.8, 4) is 11.1 Å². The molecule has 176 valence electrons. The molecule has 0 unspecified atom stereocenters. The molecule has 2 aliphatic heterocycles. The van der Waals surface area contributed by atoms with Crippen LogP contribution in [0, 0.1) is 0 Å². The molecule has 3 atom stereocenters. The first-order chi connectivity index (χ1) is 16.0. The van der Waals surface area contributed by atoms with Crippen LogP contribution in [-0.4, -0.2) is 73.4 Å². The predicted octanol–water partition coefficient (Wildman–Crippen LogP) is 1.51. The Morgan fingerprint density at radius 1 is 1.12 bits per heavy atom.